The minimum Gasteiger partial charge on any atom is -0.295 e. The summed E-state index contributed by atoms with van der Waals surface area (Å²) in [5.41, 5.74) is 3.02. The van der Waals surface area contributed by atoms with Crippen molar-refractivity contribution in [3.8, 4) is 0 Å². The molecule has 0 spiro atoms. The Kier molecular flexibility index (Phi) is 2.68. The number of benzene rings is 1. The fraction of sp³-hybridized carbons (Fsp3) is 0.300. The van der Waals surface area contributed by atoms with Crippen molar-refractivity contribution in [2.45, 2.75) is 20.8 Å². The van der Waals surface area contributed by atoms with Gasteiger partial charge in [-0.15, -0.1) is 0 Å². The molecule has 12 heavy (non-hydrogen) atoms. The van der Waals surface area contributed by atoms with Gasteiger partial charge in [-0.25, -0.2) is 0 Å². The summed E-state index contributed by atoms with van der Waals surface area (Å²) < 4.78 is 1.06. The van der Waals surface area contributed by atoms with Crippen LogP contribution in [0.2, 0.25) is 0 Å². The van der Waals surface area contributed by atoms with Crippen molar-refractivity contribution in [3.63, 3.8) is 0 Å². The summed E-state index contributed by atoms with van der Waals surface area (Å²) in [6, 6.07) is 3.77. The molecule has 0 bridgehead atoms. The van der Waals surface area contributed by atoms with Crippen molar-refractivity contribution < 1.29 is 4.79 Å². The highest BCUT2D eigenvalue weighted by molar-refractivity contribution is 9.10. The van der Waals surface area contributed by atoms with E-state index in [2.05, 4.69) is 15.9 Å². The first-order valence-corrected chi connectivity index (χ1v) is 4.60. The lowest BCUT2D eigenvalue weighted by Crippen LogP contribution is -1.98. The lowest BCUT2D eigenvalue weighted by Gasteiger charge is -2.06. The van der Waals surface area contributed by atoms with Gasteiger partial charge >= 0.3 is 0 Å². The number of halogens is 1. The molecule has 0 heterocycles. The van der Waals surface area contributed by atoms with Gasteiger partial charge in [-0.3, -0.25) is 4.79 Å². The molecule has 64 valence electrons. The minimum absolute atomic E-state index is 0.128. The molecule has 1 nitrogen and oxygen atoms in total. The smallest absolute Gasteiger partial charge is 0.160 e. The number of ketones is 1. The van der Waals surface area contributed by atoms with Crippen molar-refractivity contribution in [2.75, 3.05) is 0 Å². The van der Waals surface area contributed by atoms with Crippen LogP contribution in [0.25, 0.3) is 0 Å². The van der Waals surface area contributed by atoms with Crippen LogP contribution in [-0.2, 0) is 0 Å². The molecule has 0 fully saturated rings. The van der Waals surface area contributed by atoms with Crippen molar-refractivity contribution in [1.29, 1.82) is 0 Å². The van der Waals surface area contributed by atoms with E-state index < -0.39 is 0 Å². The largest absolute Gasteiger partial charge is 0.295 e. The van der Waals surface area contributed by atoms with E-state index in [1.807, 2.05) is 26.0 Å². The second-order valence-electron chi connectivity index (χ2n) is 2.90. The predicted molar refractivity (Wildman–Crippen MR) is 53.6 cm³/mol. The maximum absolute atomic E-state index is 11.1. The Hall–Kier alpha value is -0.630. The lowest BCUT2D eigenvalue weighted by atomic mass is 10.0. The van der Waals surface area contributed by atoms with Gasteiger partial charge < -0.3 is 0 Å². The average molecular weight is 227 g/mol. The molecule has 0 atom stereocenters. The van der Waals surface area contributed by atoms with Gasteiger partial charge in [0.05, 0.1) is 0 Å². The van der Waals surface area contributed by atoms with Gasteiger partial charge in [-0.1, -0.05) is 22.0 Å². The molecule has 0 amide bonds. The molecule has 0 N–H and O–H groups in total. The summed E-state index contributed by atoms with van der Waals surface area (Å²) in [5.74, 6) is 0.128. The predicted octanol–water partition coefficient (Wildman–Crippen LogP) is 3.27. The summed E-state index contributed by atoms with van der Waals surface area (Å²) in [7, 11) is 0. The van der Waals surface area contributed by atoms with E-state index in [9.17, 15) is 4.79 Å². The van der Waals surface area contributed by atoms with E-state index in [1.165, 1.54) is 0 Å². The third kappa shape index (κ3) is 1.58. The quantitative estimate of drug-likeness (QED) is 0.673. The molecule has 1 rings (SSSR count). The lowest BCUT2D eigenvalue weighted by molar-refractivity contribution is 0.101. The fourth-order valence-electron chi connectivity index (χ4n) is 1.17. The normalized spacial score (nSPS) is 10.0. The standard InChI is InChI=1S/C10H11BrO/c1-6-7(2)10(11)5-4-9(6)8(3)12/h4-5H,1-3H3. The van der Waals surface area contributed by atoms with Crippen molar-refractivity contribution in [2.24, 2.45) is 0 Å². The van der Waals surface area contributed by atoms with Gasteiger partial charge in [-0.2, -0.15) is 0 Å². The Labute approximate surface area is 80.9 Å². The van der Waals surface area contributed by atoms with Crippen LogP contribution in [0.3, 0.4) is 0 Å². The van der Waals surface area contributed by atoms with Crippen molar-refractivity contribution in [3.05, 3.63) is 33.3 Å². The second kappa shape index (κ2) is 3.40. The summed E-state index contributed by atoms with van der Waals surface area (Å²) in [6.45, 7) is 5.57. The Morgan fingerprint density at radius 3 is 2.33 bits per heavy atom. The number of carbonyl (C=O) groups is 1. The first-order chi connectivity index (χ1) is 5.54. The van der Waals surface area contributed by atoms with E-state index in [-0.39, 0.29) is 5.78 Å². The molecular weight excluding hydrogens is 216 g/mol. The highest BCUT2D eigenvalue weighted by Crippen LogP contribution is 2.22. The van der Waals surface area contributed by atoms with Gasteiger partial charge in [0, 0.05) is 10.0 Å². The van der Waals surface area contributed by atoms with Gasteiger partial charge in [0.1, 0.15) is 0 Å². The molecule has 0 saturated carbocycles. The number of carbonyl (C=O) groups excluding carboxylic acids is 1. The summed E-state index contributed by atoms with van der Waals surface area (Å²) in [6.07, 6.45) is 0. The van der Waals surface area contributed by atoms with Crippen LogP contribution in [0, 0.1) is 13.8 Å². The maximum atomic E-state index is 11.1. The first kappa shape index (κ1) is 9.46. The van der Waals surface area contributed by atoms with Gasteiger partial charge in [0.15, 0.2) is 5.78 Å². The van der Waals surface area contributed by atoms with Crippen molar-refractivity contribution in [1.82, 2.24) is 0 Å². The molecule has 0 unspecified atom stereocenters. The highest BCUT2D eigenvalue weighted by atomic mass is 79.9. The third-order valence-corrected chi connectivity index (χ3v) is 2.96. The number of hydrogen-bond donors (Lipinski definition) is 0. The first-order valence-electron chi connectivity index (χ1n) is 3.80. The average Bonchev–Trinajstić information content (AvgIpc) is 2.00. The van der Waals surface area contributed by atoms with E-state index >= 15 is 0 Å². The Bertz CT molecular complexity index is 329. The molecule has 0 aliphatic heterocycles. The van der Waals surface area contributed by atoms with E-state index in [4.69, 9.17) is 0 Å². The van der Waals surface area contributed by atoms with Gasteiger partial charge in [0.2, 0.25) is 0 Å². The van der Waals surface area contributed by atoms with Gasteiger partial charge in [0.25, 0.3) is 0 Å². The van der Waals surface area contributed by atoms with Crippen LogP contribution in [-0.4, -0.2) is 5.78 Å². The third-order valence-electron chi connectivity index (χ3n) is 2.10. The van der Waals surface area contributed by atoms with Crippen LogP contribution in [0.5, 0.6) is 0 Å². The Morgan fingerprint density at radius 1 is 1.25 bits per heavy atom. The molecule has 2 heteroatoms. The van der Waals surface area contributed by atoms with Crippen molar-refractivity contribution >= 4 is 21.7 Å². The molecule has 0 aliphatic rings. The van der Waals surface area contributed by atoms with Gasteiger partial charge in [-0.05, 0) is 38.0 Å². The van der Waals surface area contributed by atoms with E-state index in [0.29, 0.717) is 0 Å². The summed E-state index contributed by atoms with van der Waals surface area (Å²) >= 11 is 3.42. The monoisotopic (exact) mass is 226 g/mol. The molecule has 1 aromatic carbocycles. The molecule has 0 aliphatic carbocycles. The van der Waals surface area contributed by atoms with Crippen LogP contribution in [0.1, 0.15) is 28.4 Å². The second-order valence-corrected chi connectivity index (χ2v) is 3.76. The van der Waals surface area contributed by atoms with Crippen LogP contribution in [0.4, 0.5) is 0 Å². The molecule has 0 saturated heterocycles. The Balaban J connectivity index is 3.36. The van der Waals surface area contributed by atoms with Crippen LogP contribution < -0.4 is 0 Å². The minimum atomic E-state index is 0.128. The molecule has 0 aromatic heterocycles. The highest BCUT2D eigenvalue weighted by Gasteiger charge is 2.07. The van der Waals surface area contributed by atoms with E-state index in [0.717, 1.165) is 21.2 Å². The maximum Gasteiger partial charge on any atom is 0.160 e. The van der Waals surface area contributed by atoms with E-state index in [1.54, 1.807) is 6.92 Å². The molecule has 0 radical (unpaired) electrons. The molecular formula is C10H11BrO. The Morgan fingerprint density at radius 2 is 1.83 bits per heavy atom. The molecule has 1 aromatic rings. The topological polar surface area (TPSA) is 17.1 Å². The number of rotatable bonds is 1. The zero-order valence-corrected chi connectivity index (χ0v) is 9.03. The number of Topliss-reactive ketones (excluding diaryl/α,β-unsaturated/α-hetero) is 1. The zero-order chi connectivity index (χ0) is 9.30. The summed E-state index contributed by atoms with van der Waals surface area (Å²) in [5, 5.41) is 0. The van der Waals surface area contributed by atoms with Crippen LogP contribution >= 0.6 is 15.9 Å². The zero-order valence-electron chi connectivity index (χ0n) is 7.44. The number of hydrogen-bond acceptors (Lipinski definition) is 1. The summed E-state index contributed by atoms with van der Waals surface area (Å²) in [4.78, 5) is 11.1. The fourth-order valence-corrected chi connectivity index (χ4v) is 1.60. The van der Waals surface area contributed by atoms with Crippen LogP contribution in [0.15, 0.2) is 16.6 Å². The SMILES string of the molecule is CC(=O)c1ccc(Br)c(C)c1C.